The van der Waals surface area contributed by atoms with Crippen molar-refractivity contribution < 1.29 is 4.79 Å². The molecule has 88 valence electrons. The first-order chi connectivity index (χ1) is 7.24. The molecule has 1 saturated heterocycles. The van der Waals surface area contributed by atoms with Crippen molar-refractivity contribution in [2.75, 3.05) is 31.1 Å². The summed E-state index contributed by atoms with van der Waals surface area (Å²) >= 11 is 2.02. The standard InChI is InChI=1S/C12H23NOS/c1-3-15-10-4-7-13-8-5-12(6-9-13)11(2)14/h12H,3-10H2,1-2H3. The molecule has 0 unspecified atom stereocenters. The lowest BCUT2D eigenvalue weighted by atomic mass is 9.93. The smallest absolute Gasteiger partial charge is 0.133 e. The third-order valence-corrected chi connectivity index (χ3v) is 4.12. The highest BCUT2D eigenvalue weighted by atomic mass is 32.2. The molecule has 1 rings (SSSR count). The minimum Gasteiger partial charge on any atom is -0.303 e. The van der Waals surface area contributed by atoms with E-state index in [0.717, 1.165) is 25.9 Å². The number of likely N-dealkylation sites (tertiary alicyclic amines) is 1. The van der Waals surface area contributed by atoms with Crippen molar-refractivity contribution >= 4 is 17.5 Å². The predicted octanol–water partition coefficient (Wildman–Crippen LogP) is 2.43. The van der Waals surface area contributed by atoms with Gasteiger partial charge in [0.25, 0.3) is 0 Å². The molecule has 0 aromatic rings. The van der Waals surface area contributed by atoms with Crippen LogP contribution >= 0.6 is 11.8 Å². The molecule has 0 spiro atoms. The van der Waals surface area contributed by atoms with E-state index in [-0.39, 0.29) is 0 Å². The Morgan fingerprint density at radius 2 is 2.07 bits per heavy atom. The molecule has 0 N–H and O–H groups in total. The molecule has 0 aliphatic carbocycles. The molecule has 0 bridgehead atoms. The van der Waals surface area contributed by atoms with Crippen LogP contribution in [0.2, 0.25) is 0 Å². The zero-order chi connectivity index (χ0) is 11.1. The average molecular weight is 229 g/mol. The van der Waals surface area contributed by atoms with E-state index < -0.39 is 0 Å². The van der Waals surface area contributed by atoms with Crippen LogP contribution in [-0.4, -0.2) is 41.8 Å². The number of rotatable bonds is 6. The van der Waals surface area contributed by atoms with E-state index in [9.17, 15) is 4.79 Å². The van der Waals surface area contributed by atoms with Crippen molar-refractivity contribution in [1.29, 1.82) is 0 Å². The third-order valence-electron chi connectivity index (χ3n) is 3.13. The Morgan fingerprint density at radius 3 is 2.60 bits per heavy atom. The summed E-state index contributed by atoms with van der Waals surface area (Å²) < 4.78 is 0. The second kappa shape index (κ2) is 7.29. The largest absolute Gasteiger partial charge is 0.303 e. The Hall–Kier alpha value is -0.0200. The van der Waals surface area contributed by atoms with Gasteiger partial charge in [-0.05, 0) is 57.3 Å². The number of carbonyl (C=O) groups excluding carboxylic acids is 1. The van der Waals surface area contributed by atoms with Gasteiger partial charge in [-0.25, -0.2) is 0 Å². The van der Waals surface area contributed by atoms with Gasteiger partial charge in [0.1, 0.15) is 5.78 Å². The number of piperidine rings is 1. The predicted molar refractivity (Wildman–Crippen MR) is 67.5 cm³/mol. The second-order valence-corrected chi connectivity index (χ2v) is 5.67. The Kier molecular flexibility index (Phi) is 6.34. The molecule has 0 aromatic heterocycles. The van der Waals surface area contributed by atoms with Gasteiger partial charge in [-0.1, -0.05) is 6.92 Å². The van der Waals surface area contributed by atoms with Crippen LogP contribution in [0.5, 0.6) is 0 Å². The van der Waals surface area contributed by atoms with E-state index in [1.807, 2.05) is 11.8 Å². The summed E-state index contributed by atoms with van der Waals surface area (Å²) in [6.45, 7) is 7.42. The van der Waals surface area contributed by atoms with Gasteiger partial charge < -0.3 is 4.90 Å². The average Bonchev–Trinajstić information content (AvgIpc) is 2.25. The molecule has 1 heterocycles. The SMILES string of the molecule is CCSCCCN1CCC(C(C)=O)CC1. The van der Waals surface area contributed by atoms with Crippen LogP contribution in [-0.2, 0) is 4.79 Å². The Bertz CT molecular complexity index is 188. The van der Waals surface area contributed by atoms with Crippen LogP contribution in [0.3, 0.4) is 0 Å². The van der Waals surface area contributed by atoms with Gasteiger partial charge in [0.15, 0.2) is 0 Å². The molecule has 1 aliphatic rings. The summed E-state index contributed by atoms with van der Waals surface area (Å²) in [5.74, 6) is 3.25. The van der Waals surface area contributed by atoms with Gasteiger partial charge in [0, 0.05) is 5.92 Å². The van der Waals surface area contributed by atoms with Crippen LogP contribution < -0.4 is 0 Å². The van der Waals surface area contributed by atoms with Crippen LogP contribution in [0.4, 0.5) is 0 Å². The van der Waals surface area contributed by atoms with Crippen LogP contribution in [0.15, 0.2) is 0 Å². The van der Waals surface area contributed by atoms with Crippen LogP contribution in [0.25, 0.3) is 0 Å². The summed E-state index contributed by atoms with van der Waals surface area (Å²) in [6, 6.07) is 0. The molecular formula is C12H23NOS. The van der Waals surface area contributed by atoms with Crippen molar-refractivity contribution in [1.82, 2.24) is 4.90 Å². The van der Waals surface area contributed by atoms with E-state index >= 15 is 0 Å². The van der Waals surface area contributed by atoms with Crippen LogP contribution in [0.1, 0.15) is 33.1 Å². The van der Waals surface area contributed by atoms with Gasteiger partial charge in [0.05, 0.1) is 0 Å². The lowest BCUT2D eigenvalue weighted by Gasteiger charge is -2.30. The monoisotopic (exact) mass is 229 g/mol. The van der Waals surface area contributed by atoms with Crippen molar-refractivity contribution in [2.24, 2.45) is 5.92 Å². The summed E-state index contributed by atoms with van der Waals surface area (Å²) in [6.07, 6.45) is 3.45. The summed E-state index contributed by atoms with van der Waals surface area (Å²) in [7, 11) is 0. The Morgan fingerprint density at radius 1 is 1.40 bits per heavy atom. The number of thioether (sulfide) groups is 1. The normalized spacial score (nSPS) is 19.3. The molecule has 0 saturated carbocycles. The van der Waals surface area contributed by atoms with Gasteiger partial charge >= 0.3 is 0 Å². The molecule has 0 aromatic carbocycles. The maximum absolute atomic E-state index is 11.2. The summed E-state index contributed by atoms with van der Waals surface area (Å²) in [4.78, 5) is 13.7. The van der Waals surface area contributed by atoms with Crippen molar-refractivity contribution in [3.05, 3.63) is 0 Å². The van der Waals surface area contributed by atoms with Crippen molar-refractivity contribution in [3.63, 3.8) is 0 Å². The van der Waals surface area contributed by atoms with Crippen molar-refractivity contribution in [2.45, 2.75) is 33.1 Å². The Labute approximate surface area is 97.8 Å². The molecular weight excluding hydrogens is 206 g/mol. The lowest BCUT2D eigenvalue weighted by Crippen LogP contribution is -2.36. The fraction of sp³-hybridized carbons (Fsp3) is 0.917. The number of hydrogen-bond acceptors (Lipinski definition) is 3. The fourth-order valence-electron chi connectivity index (χ4n) is 2.10. The van der Waals surface area contributed by atoms with Gasteiger partial charge in [-0.15, -0.1) is 0 Å². The number of nitrogens with zero attached hydrogens (tertiary/aromatic N) is 1. The van der Waals surface area contributed by atoms with E-state index in [2.05, 4.69) is 11.8 Å². The maximum Gasteiger partial charge on any atom is 0.133 e. The van der Waals surface area contributed by atoms with E-state index in [1.54, 1.807) is 6.92 Å². The lowest BCUT2D eigenvalue weighted by molar-refractivity contribution is -0.122. The number of hydrogen-bond donors (Lipinski definition) is 0. The fourth-order valence-corrected chi connectivity index (χ4v) is 2.72. The molecule has 1 fully saturated rings. The van der Waals surface area contributed by atoms with Crippen LogP contribution in [0, 0.1) is 5.92 Å². The third kappa shape index (κ3) is 5.03. The number of ketones is 1. The number of Topliss-reactive ketones (excluding diaryl/α,β-unsaturated/α-hetero) is 1. The van der Waals surface area contributed by atoms with Gasteiger partial charge in [-0.2, -0.15) is 11.8 Å². The number of carbonyl (C=O) groups is 1. The first kappa shape index (κ1) is 13.0. The molecule has 3 heteroatoms. The molecule has 15 heavy (non-hydrogen) atoms. The van der Waals surface area contributed by atoms with Gasteiger partial charge in [0.2, 0.25) is 0 Å². The molecule has 1 aliphatic heterocycles. The van der Waals surface area contributed by atoms with Gasteiger partial charge in [-0.3, -0.25) is 4.79 Å². The summed E-state index contributed by atoms with van der Waals surface area (Å²) in [5.41, 5.74) is 0. The first-order valence-corrected chi connectivity index (χ1v) is 7.20. The Balaban J connectivity index is 2.07. The molecule has 0 atom stereocenters. The zero-order valence-corrected chi connectivity index (χ0v) is 10.8. The molecule has 0 amide bonds. The van der Waals surface area contributed by atoms with E-state index in [0.29, 0.717) is 11.7 Å². The quantitative estimate of drug-likeness (QED) is 0.653. The van der Waals surface area contributed by atoms with E-state index in [4.69, 9.17) is 0 Å². The summed E-state index contributed by atoms with van der Waals surface area (Å²) in [5, 5.41) is 0. The highest BCUT2D eigenvalue weighted by Crippen LogP contribution is 2.18. The minimum absolute atomic E-state index is 0.353. The second-order valence-electron chi connectivity index (χ2n) is 4.28. The topological polar surface area (TPSA) is 20.3 Å². The van der Waals surface area contributed by atoms with Crippen molar-refractivity contribution in [3.8, 4) is 0 Å². The molecule has 2 nitrogen and oxygen atoms in total. The highest BCUT2D eigenvalue weighted by Gasteiger charge is 2.21. The maximum atomic E-state index is 11.2. The first-order valence-electron chi connectivity index (χ1n) is 6.04. The van der Waals surface area contributed by atoms with E-state index in [1.165, 1.54) is 24.5 Å². The minimum atomic E-state index is 0.353. The zero-order valence-electron chi connectivity index (χ0n) is 10.00. The highest BCUT2D eigenvalue weighted by molar-refractivity contribution is 7.99. The molecule has 0 radical (unpaired) electrons.